The van der Waals surface area contributed by atoms with E-state index in [1.165, 1.54) is 0 Å². The van der Waals surface area contributed by atoms with Crippen LogP contribution in [0.25, 0.3) is 0 Å². The van der Waals surface area contributed by atoms with E-state index in [0.717, 1.165) is 5.56 Å². The number of halogens is 1. The molecule has 0 saturated carbocycles. The first kappa shape index (κ1) is 15.3. The van der Waals surface area contributed by atoms with E-state index in [4.69, 9.17) is 5.11 Å². The zero-order chi connectivity index (χ0) is 15.2. The molecule has 108 valence electrons. The van der Waals surface area contributed by atoms with Crippen molar-refractivity contribution in [3.8, 4) is 0 Å². The van der Waals surface area contributed by atoms with E-state index in [2.05, 4.69) is 21.2 Å². The van der Waals surface area contributed by atoms with Crippen LogP contribution >= 0.6 is 15.9 Å². The second-order valence-electron chi connectivity index (χ2n) is 4.51. The zero-order valence-electron chi connectivity index (χ0n) is 11.1. The Labute approximate surface area is 130 Å². The molecule has 0 aliphatic rings. The van der Waals surface area contributed by atoms with Crippen molar-refractivity contribution in [3.05, 3.63) is 70.2 Å². The van der Waals surface area contributed by atoms with Gasteiger partial charge in [0.2, 0.25) is 0 Å². The summed E-state index contributed by atoms with van der Waals surface area (Å²) in [6.45, 7) is 0. The summed E-state index contributed by atoms with van der Waals surface area (Å²) in [7, 11) is 0. The van der Waals surface area contributed by atoms with Gasteiger partial charge >= 0.3 is 5.97 Å². The van der Waals surface area contributed by atoms with Crippen LogP contribution in [0, 0.1) is 0 Å². The Hall–Kier alpha value is -2.14. The molecule has 2 N–H and O–H groups in total. The van der Waals surface area contributed by atoms with Crippen molar-refractivity contribution in [3.63, 3.8) is 0 Å². The Morgan fingerprint density at radius 2 is 1.67 bits per heavy atom. The van der Waals surface area contributed by atoms with Gasteiger partial charge in [-0.25, -0.2) is 0 Å². The van der Waals surface area contributed by atoms with Crippen LogP contribution in [0.4, 0.5) is 0 Å². The second-order valence-corrected chi connectivity index (χ2v) is 5.37. The number of carboxylic acid groups (broad SMARTS) is 1. The smallest absolute Gasteiger partial charge is 0.305 e. The average Bonchev–Trinajstić information content (AvgIpc) is 2.47. The Bertz CT molecular complexity index is 643. The molecule has 0 spiro atoms. The van der Waals surface area contributed by atoms with Gasteiger partial charge in [-0.1, -0.05) is 42.5 Å². The first-order chi connectivity index (χ1) is 10.1. The minimum Gasteiger partial charge on any atom is -0.481 e. The van der Waals surface area contributed by atoms with Gasteiger partial charge < -0.3 is 10.4 Å². The van der Waals surface area contributed by atoms with Gasteiger partial charge in [0.25, 0.3) is 5.91 Å². The standard InChI is InChI=1S/C16H14BrNO3/c17-13-9-5-4-8-12(13)16(21)18-14(10-15(19)20)11-6-2-1-3-7-11/h1-9,14H,10H2,(H,18,21)(H,19,20)/t14-/m1/s1. The van der Waals surface area contributed by atoms with Crippen molar-refractivity contribution < 1.29 is 14.7 Å². The Morgan fingerprint density at radius 1 is 1.05 bits per heavy atom. The Morgan fingerprint density at radius 3 is 2.29 bits per heavy atom. The van der Waals surface area contributed by atoms with Crippen molar-refractivity contribution in [2.45, 2.75) is 12.5 Å². The van der Waals surface area contributed by atoms with E-state index in [0.29, 0.717) is 10.0 Å². The summed E-state index contributed by atoms with van der Waals surface area (Å²) in [6.07, 6.45) is -0.166. The van der Waals surface area contributed by atoms with Gasteiger partial charge in [-0.15, -0.1) is 0 Å². The van der Waals surface area contributed by atoms with Crippen LogP contribution in [0.2, 0.25) is 0 Å². The quantitative estimate of drug-likeness (QED) is 0.870. The highest BCUT2D eigenvalue weighted by atomic mass is 79.9. The van der Waals surface area contributed by atoms with E-state index in [-0.39, 0.29) is 12.3 Å². The molecule has 2 aromatic carbocycles. The molecule has 0 heterocycles. The summed E-state index contributed by atoms with van der Waals surface area (Å²) < 4.78 is 0.671. The molecule has 2 aromatic rings. The van der Waals surface area contributed by atoms with Gasteiger partial charge in [-0.05, 0) is 33.6 Å². The summed E-state index contributed by atoms with van der Waals surface area (Å²) in [5.74, 6) is -1.27. The number of hydrogen-bond donors (Lipinski definition) is 2. The topological polar surface area (TPSA) is 66.4 Å². The van der Waals surface area contributed by atoms with Crippen molar-refractivity contribution in [1.29, 1.82) is 0 Å². The lowest BCUT2D eigenvalue weighted by molar-refractivity contribution is -0.137. The Kier molecular flexibility index (Phi) is 5.11. The number of benzene rings is 2. The predicted molar refractivity (Wildman–Crippen MR) is 83.0 cm³/mol. The number of aliphatic carboxylic acids is 1. The summed E-state index contributed by atoms with van der Waals surface area (Å²) in [6, 6.07) is 15.5. The molecule has 0 aliphatic heterocycles. The van der Waals surface area contributed by atoms with Crippen molar-refractivity contribution in [2.75, 3.05) is 0 Å². The highest BCUT2D eigenvalue weighted by Gasteiger charge is 2.19. The van der Waals surface area contributed by atoms with E-state index in [9.17, 15) is 9.59 Å². The summed E-state index contributed by atoms with van der Waals surface area (Å²) in [4.78, 5) is 23.3. The number of carbonyl (C=O) groups is 2. The fourth-order valence-corrected chi connectivity index (χ4v) is 2.46. The van der Waals surface area contributed by atoms with Crippen LogP contribution in [0.3, 0.4) is 0 Å². The van der Waals surface area contributed by atoms with Gasteiger partial charge in [0.15, 0.2) is 0 Å². The average molecular weight is 348 g/mol. The van der Waals surface area contributed by atoms with E-state index >= 15 is 0 Å². The van der Waals surface area contributed by atoms with Crippen LogP contribution in [0.1, 0.15) is 28.4 Å². The van der Waals surface area contributed by atoms with Crippen LogP contribution in [-0.2, 0) is 4.79 Å². The van der Waals surface area contributed by atoms with Crippen LogP contribution in [-0.4, -0.2) is 17.0 Å². The van der Waals surface area contributed by atoms with Gasteiger partial charge in [0.05, 0.1) is 18.0 Å². The molecule has 1 amide bonds. The number of hydrogen-bond acceptors (Lipinski definition) is 2. The fourth-order valence-electron chi connectivity index (χ4n) is 1.99. The molecule has 0 fully saturated rings. The van der Waals surface area contributed by atoms with Gasteiger partial charge in [0.1, 0.15) is 0 Å². The lowest BCUT2D eigenvalue weighted by atomic mass is 10.0. The van der Waals surface area contributed by atoms with Crippen LogP contribution < -0.4 is 5.32 Å². The van der Waals surface area contributed by atoms with Crippen LogP contribution in [0.15, 0.2) is 59.1 Å². The first-order valence-corrected chi connectivity index (χ1v) is 7.19. The molecule has 0 unspecified atom stereocenters. The molecular formula is C16H14BrNO3. The molecule has 1 atom stereocenters. The van der Waals surface area contributed by atoms with Crippen molar-refractivity contribution >= 4 is 27.8 Å². The monoisotopic (exact) mass is 347 g/mol. The molecule has 0 aromatic heterocycles. The van der Waals surface area contributed by atoms with Crippen molar-refractivity contribution in [2.24, 2.45) is 0 Å². The van der Waals surface area contributed by atoms with Gasteiger partial charge in [-0.3, -0.25) is 9.59 Å². The number of nitrogens with one attached hydrogen (secondary N) is 1. The Balaban J connectivity index is 2.21. The maximum Gasteiger partial charge on any atom is 0.305 e. The molecule has 2 rings (SSSR count). The lowest BCUT2D eigenvalue weighted by Crippen LogP contribution is -2.30. The first-order valence-electron chi connectivity index (χ1n) is 6.40. The van der Waals surface area contributed by atoms with E-state index < -0.39 is 12.0 Å². The van der Waals surface area contributed by atoms with Crippen LogP contribution in [0.5, 0.6) is 0 Å². The minimum absolute atomic E-state index is 0.166. The third kappa shape index (κ3) is 4.16. The summed E-state index contributed by atoms with van der Waals surface area (Å²) in [5, 5.41) is 11.8. The maximum atomic E-state index is 12.3. The summed E-state index contributed by atoms with van der Waals surface area (Å²) >= 11 is 3.32. The van der Waals surface area contributed by atoms with Gasteiger partial charge in [0, 0.05) is 4.47 Å². The molecule has 0 saturated heterocycles. The molecule has 0 radical (unpaired) electrons. The minimum atomic E-state index is -0.962. The zero-order valence-corrected chi connectivity index (χ0v) is 12.7. The maximum absolute atomic E-state index is 12.3. The normalized spacial score (nSPS) is 11.7. The van der Waals surface area contributed by atoms with Crippen molar-refractivity contribution in [1.82, 2.24) is 5.32 Å². The molecule has 0 aliphatic carbocycles. The predicted octanol–water partition coefficient (Wildman–Crippen LogP) is 3.39. The SMILES string of the molecule is O=C(O)C[C@@H](NC(=O)c1ccccc1Br)c1ccccc1. The molecular weight excluding hydrogens is 334 g/mol. The summed E-state index contributed by atoms with van der Waals surface area (Å²) in [5.41, 5.74) is 1.24. The molecule has 21 heavy (non-hydrogen) atoms. The van der Waals surface area contributed by atoms with E-state index in [1.807, 2.05) is 24.3 Å². The molecule has 5 heteroatoms. The highest BCUT2D eigenvalue weighted by molar-refractivity contribution is 9.10. The number of carbonyl (C=O) groups excluding carboxylic acids is 1. The number of carboxylic acids is 1. The second kappa shape index (κ2) is 7.04. The largest absolute Gasteiger partial charge is 0.481 e. The molecule has 4 nitrogen and oxygen atoms in total. The third-order valence-corrected chi connectivity index (χ3v) is 3.70. The number of amides is 1. The number of rotatable bonds is 5. The molecule has 0 bridgehead atoms. The highest BCUT2D eigenvalue weighted by Crippen LogP contribution is 2.20. The lowest BCUT2D eigenvalue weighted by Gasteiger charge is -2.18. The fraction of sp³-hybridized carbons (Fsp3) is 0.125. The van der Waals surface area contributed by atoms with Gasteiger partial charge in [-0.2, -0.15) is 0 Å². The van der Waals surface area contributed by atoms with E-state index in [1.54, 1.807) is 30.3 Å². The third-order valence-electron chi connectivity index (χ3n) is 3.00.